The van der Waals surface area contributed by atoms with Gasteiger partial charge in [0.15, 0.2) is 6.10 Å². The maximum Gasteiger partial charge on any atom is 0.337 e. The number of hydrogen-bond acceptors (Lipinski definition) is 6. The van der Waals surface area contributed by atoms with E-state index in [9.17, 15) is 9.90 Å². The van der Waals surface area contributed by atoms with Gasteiger partial charge in [-0.2, -0.15) is 0 Å². The van der Waals surface area contributed by atoms with Crippen molar-refractivity contribution in [2.45, 2.75) is 104 Å². The summed E-state index contributed by atoms with van der Waals surface area (Å²) in [6.45, 7) is 15.3. The Morgan fingerprint density at radius 3 is 2.51 bits per heavy atom. The number of rotatable bonds is 3. The summed E-state index contributed by atoms with van der Waals surface area (Å²) in [5, 5.41) is 10.9. The van der Waals surface area contributed by atoms with E-state index in [4.69, 9.17) is 30.8 Å². The van der Waals surface area contributed by atoms with E-state index in [1.54, 1.807) is 13.0 Å². The van der Waals surface area contributed by atoms with Gasteiger partial charge in [0.25, 0.3) is 0 Å². The molecule has 0 saturated carbocycles. The van der Waals surface area contributed by atoms with Crippen molar-refractivity contribution in [3.63, 3.8) is 0 Å². The van der Waals surface area contributed by atoms with Gasteiger partial charge in [0.1, 0.15) is 33.9 Å². The van der Waals surface area contributed by atoms with Crippen LogP contribution in [0.4, 0.5) is 10.2 Å². The summed E-state index contributed by atoms with van der Waals surface area (Å²) in [7, 11) is 0. The first-order valence-electron chi connectivity index (χ1n) is 17.2. The Kier molecular flexibility index (Phi) is 9.74. The predicted octanol–water partition coefficient (Wildman–Crippen LogP) is 9.35. The first kappa shape index (κ1) is 35.2. The lowest BCUT2D eigenvalue weighted by Crippen LogP contribution is -2.45. The Morgan fingerprint density at radius 2 is 1.82 bits per heavy atom. The molecule has 0 amide bonds. The summed E-state index contributed by atoms with van der Waals surface area (Å²) >= 11 is 7.31. The number of carboxylic acids is 1. The highest BCUT2D eigenvalue weighted by molar-refractivity contribution is 6.32. The summed E-state index contributed by atoms with van der Waals surface area (Å²) in [6, 6.07) is 12.9. The number of aromatic nitrogens is 2. The molecule has 6 bridgehead atoms. The Balaban J connectivity index is 1.58. The van der Waals surface area contributed by atoms with Crippen molar-refractivity contribution in [3.8, 4) is 28.1 Å². The maximum absolute atomic E-state index is 15.1. The SMILES string of the molecule is Cc1cc2c(cc1F)-c1cccc(c1)-c1nc3cc(C)c([C@H](OC(C)(C)C)C(=O)O)c(n3c1Cl)N1CCC(C)(CC1)OCCCC[C@H](C)O2. The summed E-state index contributed by atoms with van der Waals surface area (Å²) < 4.78 is 36.1. The molecule has 49 heavy (non-hydrogen) atoms. The van der Waals surface area contributed by atoms with Crippen LogP contribution >= 0.6 is 11.6 Å². The third-order valence-corrected chi connectivity index (χ3v) is 9.99. The molecule has 3 aliphatic rings. The van der Waals surface area contributed by atoms with Crippen LogP contribution in [-0.2, 0) is 14.3 Å². The molecule has 1 fully saturated rings. The van der Waals surface area contributed by atoms with Gasteiger partial charge in [-0.15, -0.1) is 0 Å². The van der Waals surface area contributed by atoms with Gasteiger partial charge in [-0.05, 0) is 122 Å². The smallest absolute Gasteiger partial charge is 0.337 e. The molecule has 8 nitrogen and oxygen atoms in total. The molecule has 3 aliphatic heterocycles. The molecule has 2 aromatic heterocycles. The molecule has 7 rings (SSSR count). The number of carboxylic acid groups (broad SMARTS) is 1. The van der Waals surface area contributed by atoms with Crippen LogP contribution in [0.5, 0.6) is 5.75 Å². The second-order valence-electron chi connectivity index (χ2n) is 14.8. The van der Waals surface area contributed by atoms with Crippen molar-refractivity contribution in [1.29, 1.82) is 0 Å². The zero-order valence-electron chi connectivity index (χ0n) is 29.5. The van der Waals surface area contributed by atoms with Crippen molar-refractivity contribution in [2.75, 3.05) is 24.6 Å². The third kappa shape index (κ3) is 7.30. The van der Waals surface area contributed by atoms with Crippen LogP contribution in [0.15, 0.2) is 42.5 Å². The molecular formula is C39H47ClFN3O5. The van der Waals surface area contributed by atoms with Gasteiger partial charge < -0.3 is 24.2 Å². The number of hydrogen-bond donors (Lipinski definition) is 1. The fourth-order valence-corrected chi connectivity index (χ4v) is 7.28. The molecule has 0 spiro atoms. The highest BCUT2D eigenvalue weighted by atomic mass is 35.5. The quantitative estimate of drug-likeness (QED) is 0.229. The van der Waals surface area contributed by atoms with E-state index in [2.05, 4.69) is 18.7 Å². The second-order valence-corrected chi connectivity index (χ2v) is 15.2. The molecule has 10 heteroatoms. The Bertz CT molecular complexity index is 1870. The average Bonchev–Trinajstić information content (AvgIpc) is 3.35. The molecular weight excluding hydrogens is 645 g/mol. The maximum atomic E-state index is 15.1. The van der Waals surface area contributed by atoms with Crippen LogP contribution in [0, 0.1) is 19.7 Å². The zero-order chi connectivity index (χ0) is 35.2. The normalized spacial score (nSPS) is 21.0. The Morgan fingerprint density at radius 1 is 1.10 bits per heavy atom. The number of imidazole rings is 1. The van der Waals surface area contributed by atoms with Crippen LogP contribution < -0.4 is 9.64 Å². The van der Waals surface area contributed by atoms with E-state index in [0.29, 0.717) is 64.4 Å². The van der Waals surface area contributed by atoms with Crippen molar-refractivity contribution in [2.24, 2.45) is 0 Å². The molecule has 0 radical (unpaired) electrons. The van der Waals surface area contributed by atoms with E-state index in [1.807, 2.05) is 62.4 Å². The average molecular weight is 692 g/mol. The molecule has 1 N–H and O–H groups in total. The van der Waals surface area contributed by atoms with Gasteiger partial charge in [-0.25, -0.2) is 14.2 Å². The Hall–Kier alpha value is -3.66. The molecule has 0 unspecified atom stereocenters. The van der Waals surface area contributed by atoms with Gasteiger partial charge >= 0.3 is 5.97 Å². The summed E-state index contributed by atoms with van der Waals surface area (Å²) in [5.41, 5.74) is 4.05. The van der Waals surface area contributed by atoms with Gasteiger partial charge in [0, 0.05) is 36.4 Å². The lowest BCUT2D eigenvalue weighted by atomic mass is 9.92. The van der Waals surface area contributed by atoms with E-state index >= 15 is 4.39 Å². The van der Waals surface area contributed by atoms with Crippen LogP contribution in [0.25, 0.3) is 28.0 Å². The molecule has 4 aromatic rings. The number of fused-ring (bicyclic) bond motifs is 8. The minimum Gasteiger partial charge on any atom is -0.490 e. The zero-order valence-corrected chi connectivity index (χ0v) is 30.3. The predicted molar refractivity (Wildman–Crippen MR) is 191 cm³/mol. The summed E-state index contributed by atoms with van der Waals surface area (Å²) in [4.78, 5) is 20.1. The fourth-order valence-electron chi connectivity index (χ4n) is 6.97. The van der Waals surface area contributed by atoms with Gasteiger partial charge in [0.05, 0.1) is 17.3 Å². The number of benzene rings is 2. The number of anilines is 1. The number of carbonyl (C=O) groups is 1. The first-order valence-corrected chi connectivity index (χ1v) is 17.6. The third-order valence-electron chi connectivity index (χ3n) is 9.64. The molecule has 5 heterocycles. The number of aryl methyl sites for hydroxylation is 2. The molecule has 0 aliphatic carbocycles. The van der Waals surface area contributed by atoms with Crippen molar-refractivity contribution in [3.05, 3.63) is 70.1 Å². The first-order chi connectivity index (χ1) is 23.1. The number of piperidine rings is 1. The van der Waals surface area contributed by atoms with Crippen LogP contribution in [0.2, 0.25) is 5.15 Å². The highest BCUT2D eigenvalue weighted by Crippen LogP contribution is 2.43. The number of ether oxygens (including phenoxy) is 3. The molecule has 262 valence electrons. The van der Waals surface area contributed by atoms with Gasteiger partial charge in [0.2, 0.25) is 0 Å². The van der Waals surface area contributed by atoms with E-state index in [0.717, 1.165) is 48.8 Å². The fraction of sp³-hybridized carbons (Fsp3) is 0.487. The number of halogens is 2. The van der Waals surface area contributed by atoms with Crippen molar-refractivity contribution < 1.29 is 28.5 Å². The monoisotopic (exact) mass is 691 g/mol. The molecule has 2 atom stereocenters. The highest BCUT2D eigenvalue weighted by Gasteiger charge is 2.38. The van der Waals surface area contributed by atoms with E-state index in [1.165, 1.54) is 6.07 Å². The van der Waals surface area contributed by atoms with Crippen LogP contribution in [0.3, 0.4) is 0 Å². The second kappa shape index (κ2) is 13.6. The Labute approximate surface area is 293 Å². The lowest BCUT2D eigenvalue weighted by molar-refractivity contribution is -0.160. The van der Waals surface area contributed by atoms with E-state index in [-0.39, 0.29) is 17.5 Å². The van der Waals surface area contributed by atoms with Crippen LogP contribution in [0.1, 0.15) is 89.5 Å². The van der Waals surface area contributed by atoms with Gasteiger partial charge in [-0.1, -0.05) is 29.8 Å². The standard InChI is InChI=1S/C39H47ClFN3O5/c1-23-19-30-28(22-29(23)41)26-12-10-13-27(21-26)33-35(40)44-31(42-33)20-24(2)32(34(37(45)46)49-38(4,5)6)36(44)43-16-14-39(7,15-17-43)47-18-9-8-11-25(3)48-30/h10,12-13,19-22,25,34H,8-9,11,14-18H2,1-7H3,(H,45,46)/t25-,34-/m0/s1. The summed E-state index contributed by atoms with van der Waals surface area (Å²) in [5.74, 6) is -0.108. The van der Waals surface area contributed by atoms with E-state index < -0.39 is 17.7 Å². The van der Waals surface area contributed by atoms with Crippen molar-refractivity contribution >= 4 is 29.0 Å². The number of pyridine rings is 1. The number of aliphatic carboxylic acids is 1. The molecule has 1 saturated heterocycles. The lowest BCUT2D eigenvalue weighted by Gasteiger charge is -2.42. The van der Waals surface area contributed by atoms with Crippen LogP contribution in [-0.4, -0.2) is 57.5 Å². The molecule has 2 aromatic carbocycles. The minimum atomic E-state index is -1.24. The minimum absolute atomic E-state index is 0.0724. The van der Waals surface area contributed by atoms with Crippen molar-refractivity contribution in [1.82, 2.24) is 9.38 Å². The topological polar surface area (TPSA) is 85.5 Å². The largest absolute Gasteiger partial charge is 0.490 e. The number of nitrogens with zero attached hydrogens (tertiary/aromatic N) is 3. The van der Waals surface area contributed by atoms with Gasteiger partial charge in [-0.3, -0.25) is 4.40 Å². The summed E-state index contributed by atoms with van der Waals surface area (Å²) in [6.07, 6.45) is 2.87.